The van der Waals surface area contributed by atoms with Gasteiger partial charge in [0.2, 0.25) is 0 Å². The summed E-state index contributed by atoms with van der Waals surface area (Å²) in [6, 6.07) is 4.50. The molecule has 0 saturated heterocycles. The third-order valence-corrected chi connectivity index (χ3v) is 4.50. The Morgan fingerprint density at radius 3 is 2.55 bits per heavy atom. The van der Waals surface area contributed by atoms with Crippen molar-refractivity contribution in [1.29, 1.82) is 0 Å². The Morgan fingerprint density at radius 2 is 1.93 bits per heavy atom. The predicted octanol–water partition coefficient (Wildman–Crippen LogP) is 4.22. The highest BCUT2D eigenvalue weighted by atomic mass is 35.5. The molecule has 0 unspecified atom stereocenters. The number of nitrogens with two attached hydrogens (primary N) is 1. The smallest absolute Gasteiger partial charge is 0.274 e. The summed E-state index contributed by atoms with van der Waals surface area (Å²) in [5, 5.41) is 10.1. The lowest BCUT2D eigenvalue weighted by atomic mass is 10.1. The average Bonchev–Trinajstić information content (AvgIpc) is 3.05. The normalized spacial score (nSPS) is 12.1. The molecule has 0 fully saturated rings. The Bertz CT molecular complexity index is 1010. The van der Waals surface area contributed by atoms with Crippen LogP contribution < -0.4 is 16.4 Å². The SMILES string of the molecule is C/C=C\C(C)=C(/N)n1nc(C)cc1C(=O)Nc1c(Cl)cc(Cl)cc1C(=O)NCC. The number of carbonyl (C=O) groups is 2. The number of nitrogens with one attached hydrogen (secondary N) is 2. The molecule has 1 heterocycles. The van der Waals surface area contributed by atoms with E-state index in [-0.39, 0.29) is 27.0 Å². The van der Waals surface area contributed by atoms with Crippen LogP contribution in [0.5, 0.6) is 0 Å². The molecule has 0 bridgehead atoms. The Labute approximate surface area is 179 Å². The van der Waals surface area contributed by atoms with Crippen molar-refractivity contribution in [2.45, 2.75) is 27.7 Å². The van der Waals surface area contributed by atoms with Crippen LogP contribution in [0.15, 0.2) is 35.9 Å². The van der Waals surface area contributed by atoms with E-state index in [1.165, 1.54) is 16.8 Å². The van der Waals surface area contributed by atoms with E-state index in [4.69, 9.17) is 28.9 Å². The van der Waals surface area contributed by atoms with E-state index in [0.29, 0.717) is 18.1 Å². The highest BCUT2D eigenvalue weighted by molar-refractivity contribution is 6.38. The highest BCUT2D eigenvalue weighted by Crippen LogP contribution is 2.31. The van der Waals surface area contributed by atoms with Gasteiger partial charge in [0.1, 0.15) is 11.5 Å². The molecule has 2 amide bonds. The van der Waals surface area contributed by atoms with Crippen LogP contribution in [0.1, 0.15) is 47.3 Å². The second-order valence-corrected chi connectivity index (χ2v) is 7.12. The van der Waals surface area contributed by atoms with Crippen LogP contribution in [-0.2, 0) is 0 Å². The van der Waals surface area contributed by atoms with Gasteiger partial charge in [-0.2, -0.15) is 5.10 Å². The number of benzene rings is 1. The van der Waals surface area contributed by atoms with E-state index in [0.717, 1.165) is 5.57 Å². The first kappa shape index (κ1) is 22.5. The van der Waals surface area contributed by atoms with Crippen LogP contribution in [0.4, 0.5) is 5.69 Å². The Balaban J connectivity index is 2.50. The van der Waals surface area contributed by atoms with Crippen LogP contribution in [0.2, 0.25) is 10.0 Å². The lowest BCUT2D eigenvalue weighted by Gasteiger charge is -2.14. The monoisotopic (exact) mass is 435 g/mol. The van der Waals surface area contributed by atoms with Gasteiger partial charge in [-0.25, -0.2) is 4.68 Å². The number of amides is 2. The van der Waals surface area contributed by atoms with E-state index in [1.807, 2.05) is 26.0 Å². The van der Waals surface area contributed by atoms with Gasteiger partial charge in [0, 0.05) is 11.6 Å². The summed E-state index contributed by atoms with van der Waals surface area (Å²) in [4.78, 5) is 25.4. The molecule has 1 aromatic heterocycles. The first-order chi connectivity index (χ1) is 13.7. The maximum atomic E-state index is 13.0. The van der Waals surface area contributed by atoms with E-state index in [1.54, 1.807) is 19.9 Å². The minimum Gasteiger partial charge on any atom is -0.383 e. The zero-order chi connectivity index (χ0) is 21.7. The zero-order valence-corrected chi connectivity index (χ0v) is 18.1. The lowest BCUT2D eigenvalue weighted by molar-refractivity contribution is 0.0956. The van der Waals surface area contributed by atoms with Crippen molar-refractivity contribution >= 4 is 46.5 Å². The Hall–Kier alpha value is -2.77. The quantitative estimate of drug-likeness (QED) is 0.590. The number of hydrogen-bond acceptors (Lipinski definition) is 4. The van der Waals surface area contributed by atoms with E-state index < -0.39 is 11.8 Å². The number of allylic oxidation sites excluding steroid dienone is 3. The second-order valence-electron chi connectivity index (χ2n) is 6.27. The van der Waals surface area contributed by atoms with Gasteiger partial charge in [0.25, 0.3) is 11.8 Å². The molecule has 9 heteroatoms. The van der Waals surface area contributed by atoms with Crippen molar-refractivity contribution in [2.24, 2.45) is 5.73 Å². The van der Waals surface area contributed by atoms with Gasteiger partial charge >= 0.3 is 0 Å². The molecule has 7 nitrogen and oxygen atoms in total. The summed E-state index contributed by atoms with van der Waals surface area (Å²) in [5.41, 5.74) is 8.06. The fourth-order valence-corrected chi connectivity index (χ4v) is 3.20. The molecule has 0 aliphatic heterocycles. The van der Waals surface area contributed by atoms with Crippen molar-refractivity contribution in [3.8, 4) is 0 Å². The maximum Gasteiger partial charge on any atom is 0.274 e. The lowest BCUT2D eigenvalue weighted by Crippen LogP contribution is -2.26. The van der Waals surface area contributed by atoms with Crippen molar-refractivity contribution in [2.75, 3.05) is 11.9 Å². The molecule has 29 heavy (non-hydrogen) atoms. The standard InChI is InChI=1S/C20H23Cl2N5O2/c1-5-7-11(3)18(23)27-16(8-12(4)26-27)20(29)25-17-14(19(28)24-6-2)9-13(21)10-15(17)22/h5,7-10H,6,23H2,1-4H3,(H,24,28)(H,25,29)/b7-5-,18-11+. The molecule has 2 aromatic rings. The largest absolute Gasteiger partial charge is 0.383 e. The first-order valence-electron chi connectivity index (χ1n) is 8.94. The van der Waals surface area contributed by atoms with Gasteiger partial charge in [-0.15, -0.1) is 0 Å². The summed E-state index contributed by atoms with van der Waals surface area (Å²) in [5.74, 6) is -0.607. The Morgan fingerprint density at radius 1 is 1.24 bits per heavy atom. The van der Waals surface area contributed by atoms with Crippen LogP contribution in [-0.4, -0.2) is 28.1 Å². The molecule has 4 N–H and O–H groups in total. The first-order valence-corrected chi connectivity index (χ1v) is 9.69. The average molecular weight is 436 g/mol. The minimum atomic E-state index is -0.517. The second kappa shape index (κ2) is 9.62. The zero-order valence-electron chi connectivity index (χ0n) is 16.6. The van der Waals surface area contributed by atoms with Crippen LogP contribution in [0.3, 0.4) is 0 Å². The number of aryl methyl sites for hydroxylation is 1. The van der Waals surface area contributed by atoms with Crippen molar-refractivity contribution in [1.82, 2.24) is 15.1 Å². The molecule has 0 spiro atoms. The van der Waals surface area contributed by atoms with Crippen molar-refractivity contribution in [3.63, 3.8) is 0 Å². The number of aromatic nitrogens is 2. The molecule has 0 radical (unpaired) electrons. The molecule has 0 atom stereocenters. The van der Waals surface area contributed by atoms with Gasteiger partial charge in [0.05, 0.1) is 22.0 Å². The molecule has 0 saturated carbocycles. The van der Waals surface area contributed by atoms with Gasteiger partial charge < -0.3 is 16.4 Å². The van der Waals surface area contributed by atoms with Crippen molar-refractivity contribution in [3.05, 3.63) is 62.9 Å². The van der Waals surface area contributed by atoms with Gasteiger partial charge in [-0.3, -0.25) is 9.59 Å². The molecule has 0 aliphatic carbocycles. The molecule has 154 valence electrons. The number of rotatable bonds is 6. The number of hydrogen-bond donors (Lipinski definition) is 3. The third kappa shape index (κ3) is 5.19. The predicted molar refractivity (Wildman–Crippen MR) is 117 cm³/mol. The summed E-state index contributed by atoms with van der Waals surface area (Å²) in [7, 11) is 0. The number of carbonyl (C=O) groups excluding carboxylic acids is 2. The van der Waals surface area contributed by atoms with Gasteiger partial charge in [-0.05, 0) is 51.5 Å². The number of anilines is 1. The van der Waals surface area contributed by atoms with Gasteiger partial charge in [0.15, 0.2) is 0 Å². The summed E-state index contributed by atoms with van der Waals surface area (Å²) < 4.78 is 1.36. The highest BCUT2D eigenvalue weighted by Gasteiger charge is 2.22. The van der Waals surface area contributed by atoms with E-state index in [9.17, 15) is 9.59 Å². The topological polar surface area (TPSA) is 102 Å². The fourth-order valence-electron chi connectivity index (χ4n) is 2.66. The molecular weight excluding hydrogens is 413 g/mol. The van der Waals surface area contributed by atoms with Crippen LogP contribution in [0, 0.1) is 6.92 Å². The maximum absolute atomic E-state index is 13.0. The van der Waals surface area contributed by atoms with E-state index in [2.05, 4.69) is 15.7 Å². The number of nitrogens with zero attached hydrogens (tertiary/aromatic N) is 2. The van der Waals surface area contributed by atoms with Crippen molar-refractivity contribution < 1.29 is 9.59 Å². The van der Waals surface area contributed by atoms with E-state index >= 15 is 0 Å². The fraction of sp³-hybridized carbons (Fsp3) is 0.250. The van der Waals surface area contributed by atoms with Crippen LogP contribution >= 0.6 is 23.2 Å². The van der Waals surface area contributed by atoms with Gasteiger partial charge in [-0.1, -0.05) is 35.4 Å². The molecular formula is C20H23Cl2N5O2. The minimum absolute atomic E-state index is 0.142. The summed E-state index contributed by atoms with van der Waals surface area (Å²) in [6.45, 7) is 7.63. The molecule has 2 rings (SSSR count). The third-order valence-electron chi connectivity index (χ3n) is 3.99. The molecule has 0 aliphatic rings. The summed E-state index contributed by atoms with van der Waals surface area (Å²) >= 11 is 12.3. The molecule has 1 aromatic carbocycles. The summed E-state index contributed by atoms with van der Waals surface area (Å²) in [6.07, 6.45) is 3.65. The Kier molecular flexibility index (Phi) is 7.47. The van der Waals surface area contributed by atoms with Crippen LogP contribution in [0.25, 0.3) is 5.82 Å². The number of halogens is 2.